The number of nitrogens with zero attached hydrogens (tertiary/aromatic N) is 1. The first-order valence-corrected chi connectivity index (χ1v) is 10.9. The van der Waals surface area contributed by atoms with Crippen molar-refractivity contribution in [3.8, 4) is 11.5 Å². The lowest BCUT2D eigenvalue weighted by Crippen LogP contribution is -2.51. The number of nitrogens with one attached hydrogen (secondary N) is 1. The molecule has 0 bridgehead atoms. The number of hydrogen-bond donors (Lipinski definition) is 2. The molecule has 0 saturated carbocycles. The summed E-state index contributed by atoms with van der Waals surface area (Å²) in [6, 6.07) is 3.80. The number of ether oxygens (including phenoxy) is 2. The Bertz CT molecular complexity index is 906. The molecule has 1 aromatic rings. The van der Waals surface area contributed by atoms with Crippen LogP contribution < -0.4 is 14.8 Å². The minimum atomic E-state index is -1.09. The number of carbonyl (C=O) groups is 4. The number of aliphatic carboxylic acids is 1. The van der Waals surface area contributed by atoms with Gasteiger partial charge in [0.1, 0.15) is 23.1 Å². The molecule has 2 aliphatic rings. The van der Waals surface area contributed by atoms with Crippen LogP contribution in [-0.4, -0.2) is 64.9 Å². The average Bonchev–Trinajstić information content (AvgIpc) is 2.75. The second kappa shape index (κ2) is 9.58. The van der Waals surface area contributed by atoms with Crippen LogP contribution in [0.4, 0.5) is 0 Å². The fourth-order valence-corrected chi connectivity index (χ4v) is 4.12. The standard InChI is InChI=1S/C23H30N2O7/c1-4-14(2)21(22(29)30)24-20(28)13-31-16-5-6-17-18(27)12-23(32-19(17)11-16)7-9-25(10-8-23)15(3)26/h5-6,11,14,21H,4,7-10,12-13H2,1-3H3,(H,24,28)(H,29,30). The molecular weight excluding hydrogens is 416 g/mol. The Labute approximate surface area is 187 Å². The lowest BCUT2D eigenvalue weighted by atomic mass is 9.82. The van der Waals surface area contributed by atoms with Crippen molar-refractivity contribution >= 4 is 23.6 Å². The molecule has 2 unspecified atom stereocenters. The maximum Gasteiger partial charge on any atom is 0.326 e. The third-order valence-electron chi connectivity index (χ3n) is 6.35. The van der Waals surface area contributed by atoms with Gasteiger partial charge in [-0.2, -0.15) is 0 Å². The molecule has 3 rings (SSSR count). The van der Waals surface area contributed by atoms with Gasteiger partial charge in [0.05, 0.1) is 12.0 Å². The van der Waals surface area contributed by atoms with Gasteiger partial charge in [0.25, 0.3) is 5.91 Å². The van der Waals surface area contributed by atoms with Gasteiger partial charge < -0.3 is 24.8 Å². The van der Waals surface area contributed by atoms with Crippen LogP contribution in [0.25, 0.3) is 0 Å². The van der Waals surface area contributed by atoms with Crippen molar-refractivity contribution in [2.75, 3.05) is 19.7 Å². The minimum absolute atomic E-state index is 0.00909. The number of likely N-dealkylation sites (tertiary alicyclic amines) is 1. The van der Waals surface area contributed by atoms with Crippen molar-refractivity contribution in [2.45, 2.75) is 58.1 Å². The Morgan fingerprint density at radius 2 is 1.97 bits per heavy atom. The number of carboxylic acids is 1. The number of amides is 2. The van der Waals surface area contributed by atoms with E-state index in [1.54, 1.807) is 30.0 Å². The molecule has 1 spiro atoms. The molecule has 0 radical (unpaired) electrons. The second-order valence-corrected chi connectivity index (χ2v) is 8.61. The Morgan fingerprint density at radius 1 is 1.28 bits per heavy atom. The highest BCUT2D eigenvalue weighted by Crippen LogP contribution is 2.40. The normalized spacial score (nSPS) is 18.8. The number of piperidine rings is 1. The van der Waals surface area contributed by atoms with Crippen LogP contribution >= 0.6 is 0 Å². The highest BCUT2D eigenvalue weighted by Gasteiger charge is 2.43. The van der Waals surface area contributed by atoms with Gasteiger partial charge >= 0.3 is 5.97 Å². The van der Waals surface area contributed by atoms with Gasteiger partial charge in [-0.15, -0.1) is 0 Å². The van der Waals surface area contributed by atoms with Gasteiger partial charge in [-0.1, -0.05) is 20.3 Å². The number of ketones is 1. The van der Waals surface area contributed by atoms with Crippen molar-refractivity contribution in [2.24, 2.45) is 5.92 Å². The smallest absolute Gasteiger partial charge is 0.326 e. The zero-order chi connectivity index (χ0) is 23.5. The van der Waals surface area contributed by atoms with E-state index in [1.165, 1.54) is 6.92 Å². The molecule has 0 aromatic heterocycles. The van der Waals surface area contributed by atoms with Crippen molar-refractivity contribution in [3.63, 3.8) is 0 Å². The van der Waals surface area contributed by atoms with Crippen LogP contribution in [-0.2, 0) is 14.4 Å². The predicted molar refractivity (Wildman–Crippen MR) is 115 cm³/mol. The number of benzene rings is 1. The fraction of sp³-hybridized carbons (Fsp3) is 0.565. The first-order chi connectivity index (χ1) is 15.1. The first kappa shape index (κ1) is 23.6. The van der Waals surface area contributed by atoms with Crippen molar-refractivity contribution in [1.29, 1.82) is 0 Å². The van der Waals surface area contributed by atoms with E-state index in [9.17, 15) is 24.3 Å². The van der Waals surface area contributed by atoms with Crippen LogP contribution in [0.1, 0.15) is 56.8 Å². The van der Waals surface area contributed by atoms with E-state index in [0.717, 1.165) is 0 Å². The number of carboxylic acid groups (broad SMARTS) is 1. The SMILES string of the molecule is CCC(C)C(NC(=O)COc1ccc2c(c1)OC1(CCN(C(C)=O)CC1)CC2=O)C(=O)O. The number of fused-ring (bicyclic) bond motifs is 1. The summed E-state index contributed by atoms with van der Waals surface area (Å²) >= 11 is 0. The van der Waals surface area contributed by atoms with E-state index < -0.39 is 23.5 Å². The van der Waals surface area contributed by atoms with E-state index in [2.05, 4.69) is 5.32 Å². The lowest BCUT2D eigenvalue weighted by Gasteiger charge is -2.43. The highest BCUT2D eigenvalue weighted by atomic mass is 16.5. The van der Waals surface area contributed by atoms with E-state index in [0.29, 0.717) is 49.4 Å². The summed E-state index contributed by atoms with van der Waals surface area (Å²) in [5, 5.41) is 11.8. The van der Waals surface area contributed by atoms with Gasteiger partial charge in [-0.05, 0) is 18.1 Å². The van der Waals surface area contributed by atoms with Gasteiger partial charge in [0.2, 0.25) is 5.91 Å². The van der Waals surface area contributed by atoms with Crippen LogP contribution in [0, 0.1) is 5.92 Å². The monoisotopic (exact) mass is 446 g/mol. The first-order valence-electron chi connectivity index (χ1n) is 10.9. The van der Waals surface area contributed by atoms with Gasteiger partial charge in [0.15, 0.2) is 12.4 Å². The molecule has 0 aliphatic carbocycles. The maximum absolute atomic E-state index is 12.7. The van der Waals surface area contributed by atoms with Crippen LogP contribution in [0.5, 0.6) is 11.5 Å². The quantitative estimate of drug-likeness (QED) is 0.657. The van der Waals surface area contributed by atoms with E-state index in [-0.39, 0.29) is 30.6 Å². The summed E-state index contributed by atoms with van der Waals surface area (Å²) in [6.45, 7) is 5.86. The Kier molecular flexibility index (Phi) is 7.06. The fourth-order valence-electron chi connectivity index (χ4n) is 4.12. The van der Waals surface area contributed by atoms with E-state index >= 15 is 0 Å². The van der Waals surface area contributed by atoms with Gasteiger partial charge in [-0.25, -0.2) is 4.79 Å². The second-order valence-electron chi connectivity index (χ2n) is 8.61. The number of Topliss-reactive ketones (excluding diaryl/α,β-unsaturated/α-hetero) is 1. The van der Waals surface area contributed by atoms with Crippen molar-refractivity contribution in [3.05, 3.63) is 23.8 Å². The Balaban J connectivity index is 1.64. The molecule has 2 atom stereocenters. The lowest BCUT2D eigenvalue weighted by molar-refractivity contribution is -0.143. The van der Waals surface area contributed by atoms with Crippen molar-refractivity contribution < 1.29 is 33.8 Å². The Morgan fingerprint density at radius 3 is 2.56 bits per heavy atom. The van der Waals surface area contributed by atoms with Gasteiger partial charge in [-0.3, -0.25) is 14.4 Å². The summed E-state index contributed by atoms with van der Waals surface area (Å²) in [4.78, 5) is 49.6. The van der Waals surface area contributed by atoms with Crippen LogP contribution in [0.2, 0.25) is 0 Å². The van der Waals surface area contributed by atoms with Gasteiger partial charge in [0, 0.05) is 38.9 Å². The molecule has 174 valence electrons. The molecular formula is C23H30N2O7. The summed E-state index contributed by atoms with van der Waals surface area (Å²) in [7, 11) is 0. The maximum atomic E-state index is 12.7. The molecule has 2 aliphatic heterocycles. The third kappa shape index (κ3) is 5.20. The molecule has 2 amide bonds. The number of hydrogen-bond acceptors (Lipinski definition) is 6. The molecule has 1 saturated heterocycles. The zero-order valence-corrected chi connectivity index (χ0v) is 18.7. The molecule has 2 N–H and O–H groups in total. The zero-order valence-electron chi connectivity index (χ0n) is 18.7. The third-order valence-corrected chi connectivity index (χ3v) is 6.35. The predicted octanol–water partition coefficient (Wildman–Crippen LogP) is 2.03. The number of rotatable bonds is 7. The topological polar surface area (TPSA) is 122 Å². The van der Waals surface area contributed by atoms with E-state index in [4.69, 9.17) is 9.47 Å². The summed E-state index contributed by atoms with van der Waals surface area (Å²) < 4.78 is 11.8. The highest BCUT2D eigenvalue weighted by molar-refractivity contribution is 6.00. The van der Waals surface area contributed by atoms with E-state index in [1.807, 2.05) is 6.92 Å². The number of carbonyl (C=O) groups excluding carboxylic acids is 3. The molecule has 9 nitrogen and oxygen atoms in total. The largest absolute Gasteiger partial charge is 0.486 e. The minimum Gasteiger partial charge on any atom is -0.486 e. The summed E-state index contributed by atoms with van der Waals surface area (Å²) in [6.07, 6.45) is 2.01. The molecule has 1 fully saturated rings. The Hall–Kier alpha value is -3.10. The summed E-state index contributed by atoms with van der Waals surface area (Å²) in [5.41, 5.74) is -0.180. The molecule has 9 heteroatoms. The van der Waals surface area contributed by atoms with Crippen LogP contribution in [0.3, 0.4) is 0 Å². The summed E-state index contributed by atoms with van der Waals surface area (Å²) in [5.74, 6) is -1.11. The van der Waals surface area contributed by atoms with Crippen LogP contribution in [0.15, 0.2) is 18.2 Å². The molecule has 32 heavy (non-hydrogen) atoms. The van der Waals surface area contributed by atoms with Crippen molar-refractivity contribution in [1.82, 2.24) is 10.2 Å². The molecule has 2 heterocycles. The average molecular weight is 447 g/mol. The molecule has 1 aromatic carbocycles.